The van der Waals surface area contributed by atoms with Crippen molar-refractivity contribution in [3.05, 3.63) is 101 Å². The lowest BCUT2D eigenvalue weighted by Gasteiger charge is -2.23. The first-order valence-electron chi connectivity index (χ1n) is 11.4. The van der Waals surface area contributed by atoms with Crippen LogP contribution in [-0.4, -0.2) is 54.2 Å². The van der Waals surface area contributed by atoms with Gasteiger partial charge in [-0.1, -0.05) is 41.5 Å². The molecule has 1 amide bonds. The van der Waals surface area contributed by atoms with Crippen molar-refractivity contribution >= 4 is 35.5 Å². The molecule has 10 nitrogen and oxygen atoms in total. The summed E-state index contributed by atoms with van der Waals surface area (Å²) in [6.45, 7) is 3.61. The molecule has 2 atom stereocenters. The topological polar surface area (TPSA) is 145 Å². The molecule has 3 rings (SSSR count). The number of carbonyl (C=O) groups excluding carboxylic acids is 4. The standard InChI is InChI=1S/C28H25NO9/c1-16-7-11-18(12-8-16)27(34)37-22(24(30)29-21-6-4-5-20(15-21)26(33)36-3)23(25(31)32)38-28(35)19-13-9-17(2)10-14-19/h4-15,22-23H,1-3H3,(H,29,30)(H,31,32)/t22-,23+/m1/s1. The average molecular weight is 520 g/mol. The number of ether oxygens (including phenoxy) is 3. The molecule has 2 N–H and O–H groups in total. The Morgan fingerprint density at radius 3 is 1.66 bits per heavy atom. The highest BCUT2D eigenvalue weighted by atomic mass is 16.6. The van der Waals surface area contributed by atoms with E-state index in [0.717, 1.165) is 11.1 Å². The monoisotopic (exact) mass is 519 g/mol. The third-order valence-electron chi connectivity index (χ3n) is 5.37. The third-order valence-corrected chi connectivity index (χ3v) is 5.37. The number of methoxy groups -OCH3 is 1. The lowest BCUT2D eigenvalue weighted by molar-refractivity contribution is -0.157. The van der Waals surface area contributed by atoms with Crippen LogP contribution in [0.5, 0.6) is 0 Å². The van der Waals surface area contributed by atoms with Gasteiger partial charge in [-0.15, -0.1) is 0 Å². The fraction of sp³-hybridized carbons (Fsp3) is 0.179. The predicted octanol–water partition coefficient (Wildman–Crippen LogP) is 3.56. The molecule has 0 aliphatic rings. The maximum absolute atomic E-state index is 13.2. The number of carbonyl (C=O) groups is 5. The molecule has 0 aliphatic heterocycles. The van der Waals surface area contributed by atoms with Crippen molar-refractivity contribution in [2.45, 2.75) is 26.1 Å². The average Bonchev–Trinajstić information content (AvgIpc) is 2.90. The zero-order valence-electron chi connectivity index (χ0n) is 20.8. The van der Waals surface area contributed by atoms with Gasteiger partial charge in [0.15, 0.2) is 0 Å². The van der Waals surface area contributed by atoms with E-state index in [1.165, 1.54) is 55.6 Å². The quantitative estimate of drug-likeness (QED) is 0.320. The smallest absolute Gasteiger partial charge is 0.349 e. The molecule has 38 heavy (non-hydrogen) atoms. The van der Waals surface area contributed by atoms with Crippen LogP contribution in [0.2, 0.25) is 0 Å². The molecule has 0 saturated heterocycles. The first kappa shape index (κ1) is 27.6. The molecule has 0 unspecified atom stereocenters. The molecule has 3 aromatic rings. The highest BCUT2D eigenvalue weighted by Gasteiger charge is 2.41. The summed E-state index contributed by atoms with van der Waals surface area (Å²) in [5.41, 5.74) is 2.00. The van der Waals surface area contributed by atoms with Crippen LogP contribution in [-0.2, 0) is 23.8 Å². The first-order chi connectivity index (χ1) is 18.1. The maximum Gasteiger partial charge on any atom is 0.349 e. The zero-order valence-corrected chi connectivity index (χ0v) is 20.8. The van der Waals surface area contributed by atoms with Crippen LogP contribution in [0.15, 0.2) is 72.8 Å². The Morgan fingerprint density at radius 1 is 0.684 bits per heavy atom. The Hall–Kier alpha value is -4.99. The fourth-order valence-corrected chi connectivity index (χ4v) is 3.30. The number of aryl methyl sites for hydroxylation is 2. The Kier molecular flexibility index (Phi) is 8.94. The number of benzene rings is 3. The van der Waals surface area contributed by atoms with Crippen molar-refractivity contribution < 1.29 is 43.3 Å². The number of hydrogen-bond acceptors (Lipinski definition) is 8. The maximum atomic E-state index is 13.2. The summed E-state index contributed by atoms with van der Waals surface area (Å²) in [5, 5.41) is 12.3. The van der Waals surface area contributed by atoms with Crippen LogP contribution in [0.25, 0.3) is 0 Å². The van der Waals surface area contributed by atoms with E-state index < -0.39 is 42.0 Å². The minimum atomic E-state index is -2.19. The van der Waals surface area contributed by atoms with Gasteiger partial charge in [-0.2, -0.15) is 0 Å². The summed E-state index contributed by atoms with van der Waals surface area (Å²) in [6.07, 6.45) is -4.28. The van der Waals surface area contributed by atoms with Crippen LogP contribution < -0.4 is 5.32 Å². The SMILES string of the molecule is COC(=O)c1cccc(NC(=O)[C@H](OC(=O)c2ccc(C)cc2)[C@H](OC(=O)c2ccc(C)cc2)C(=O)O)c1. The number of amides is 1. The van der Waals surface area contributed by atoms with Crippen molar-refractivity contribution in [2.24, 2.45) is 0 Å². The predicted molar refractivity (Wildman–Crippen MR) is 135 cm³/mol. The normalized spacial score (nSPS) is 12.0. The van der Waals surface area contributed by atoms with Crippen LogP contribution in [0.4, 0.5) is 5.69 Å². The van der Waals surface area contributed by atoms with Crippen molar-refractivity contribution in [3.63, 3.8) is 0 Å². The Labute approximate surface area is 218 Å². The number of rotatable bonds is 9. The molecular formula is C28H25NO9. The number of aliphatic carboxylic acids is 1. The van der Waals surface area contributed by atoms with Gasteiger partial charge in [0.05, 0.1) is 23.8 Å². The van der Waals surface area contributed by atoms with Crippen LogP contribution in [0, 0.1) is 13.8 Å². The second kappa shape index (κ2) is 12.3. The Bertz CT molecular complexity index is 1350. The van der Waals surface area contributed by atoms with Gasteiger partial charge < -0.3 is 24.6 Å². The summed E-state index contributed by atoms with van der Waals surface area (Å²) in [7, 11) is 1.19. The van der Waals surface area contributed by atoms with Crippen molar-refractivity contribution in [1.82, 2.24) is 0 Å². The van der Waals surface area contributed by atoms with E-state index in [0.29, 0.717) is 0 Å². The number of carboxylic acid groups (broad SMARTS) is 1. The van der Waals surface area contributed by atoms with E-state index in [1.807, 2.05) is 0 Å². The highest BCUT2D eigenvalue weighted by molar-refractivity contribution is 6.02. The second-order valence-corrected chi connectivity index (χ2v) is 8.28. The van der Waals surface area contributed by atoms with Gasteiger partial charge in [0.25, 0.3) is 5.91 Å². The lowest BCUT2D eigenvalue weighted by atomic mass is 10.1. The first-order valence-corrected chi connectivity index (χ1v) is 11.4. The molecule has 0 heterocycles. The summed E-state index contributed by atoms with van der Waals surface area (Å²) in [6, 6.07) is 17.9. The minimum Gasteiger partial charge on any atom is -0.478 e. The minimum absolute atomic E-state index is 0.0386. The summed E-state index contributed by atoms with van der Waals surface area (Å²) in [5.74, 6) is -5.53. The van der Waals surface area contributed by atoms with Gasteiger partial charge in [-0.25, -0.2) is 19.2 Å². The highest BCUT2D eigenvalue weighted by Crippen LogP contribution is 2.18. The molecule has 0 bridgehead atoms. The number of carboxylic acids is 1. The second-order valence-electron chi connectivity index (χ2n) is 8.28. The number of anilines is 1. The van der Waals surface area contributed by atoms with Crippen LogP contribution in [0.3, 0.4) is 0 Å². The van der Waals surface area contributed by atoms with Gasteiger partial charge in [-0.05, 0) is 56.3 Å². The van der Waals surface area contributed by atoms with Gasteiger partial charge in [0.2, 0.25) is 12.2 Å². The third kappa shape index (κ3) is 7.03. The number of hydrogen-bond donors (Lipinski definition) is 2. The van der Waals surface area contributed by atoms with Crippen molar-refractivity contribution in [2.75, 3.05) is 12.4 Å². The molecule has 0 spiro atoms. The number of esters is 3. The molecule has 0 radical (unpaired) electrons. The van der Waals surface area contributed by atoms with E-state index in [-0.39, 0.29) is 22.4 Å². The molecule has 0 fully saturated rings. The van der Waals surface area contributed by atoms with Gasteiger partial charge in [0, 0.05) is 5.69 Å². The van der Waals surface area contributed by atoms with E-state index in [1.54, 1.807) is 38.1 Å². The summed E-state index contributed by atoms with van der Waals surface area (Å²) < 4.78 is 15.1. The zero-order chi connectivity index (χ0) is 27.8. The molecule has 0 aromatic heterocycles. The Balaban J connectivity index is 1.92. The largest absolute Gasteiger partial charge is 0.478 e. The molecule has 0 saturated carbocycles. The van der Waals surface area contributed by atoms with E-state index in [4.69, 9.17) is 9.47 Å². The molecular weight excluding hydrogens is 494 g/mol. The van der Waals surface area contributed by atoms with E-state index in [2.05, 4.69) is 10.1 Å². The van der Waals surface area contributed by atoms with Crippen LogP contribution in [0.1, 0.15) is 42.2 Å². The van der Waals surface area contributed by atoms with E-state index in [9.17, 15) is 29.1 Å². The fourth-order valence-electron chi connectivity index (χ4n) is 3.30. The summed E-state index contributed by atoms with van der Waals surface area (Å²) in [4.78, 5) is 62.8. The molecule has 196 valence electrons. The van der Waals surface area contributed by atoms with E-state index >= 15 is 0 Å². The van der Waals surface area contributed by atoms with Gasteiger partial charge >= 0.3 is 23.9 Å². The lowest BCUT2D eigenvalue weighted by Crippen LogP contribution is -2.48. The van der Waals surface area contributed by atoms with Crippen LogP contribution >= 0.6 is 0 Å². The van der Waals surface area contributed by atoms with Crippen molar-refractivity contribution in [1.29, 1.82) is 0 Å². The molecule has 0 aliphatic carbocycles. The molecule has 10 heteroatoms. The number of nitrogens with one attached hydrogen (secondary N) is 1. The van der Waals surface area contributed by atoms with Gasteiger partial charge in [0.1, 0.15) is 0 Å². The summed E-state index contributed by atoms with van der Waals surface area (Å²) >= 11 is 0. The van der Waals surface area contributed by atoms with Crippen molar-refractivity contribution in [3.8, 4) is 0 Å². The Morgan fingerprint density at radius 2 is 1.18 bits per heavy atom. The van der Waals surface area contributed by atoms with Gasteiger partial charge in [-0.3, -0.25) is 4.79 Å². The molecule has 3 aromatic carbocycles.